The van der Waals surface area contributed by atoms with Crippen molar-refractivity contribution in [2.45, 2.75) is 56.9 Å². The Morgan fingerprint density at radius 2 is 1.88 bits per heavy atom. The van der Waals surface area contributed by atoms with Crippen LogP contribution in [0.25, 0.3) is 0 Å². The minimum atomic E-state index is -0.259. The Morgan fingerprint density at radius 3 is 2.36 bits per heavy atom. The minimum absolute atomic E-state index is 0.0583. The Morgan fingerprint density at radius 1 is 1.28 bits per heavy atom. The number of amides is 1. The van der Waals surface area contributed by atoms with Gasteiger partial charge in [0, 0.05) is 18.1 Å². The molecule has 2 aromatic rings. The van der Waals surface area contributed by atoms with Crippen molar-refractivity contribution in [3.05, 3.63) is 45.7 Å². The Kier molecular flexibility index (Phi) is 6.98. The summed E-state index contributed by atoms with van der Waals surface area (Å²) in [6, 6.07) is 3.06. The molecule has 0 atom stereocenters. The summed E-state index contributed by atoms with van der Waals surface area (Å²) in [7, 11) is 0. The topological polar surface area (TPSA) is 62.2 Å². The zero-order chi connectivity index (χ0) is 18.6. The molecule has 2 rings (SSSR count). The molecule has 0 aliphatic rings. The number of aliphatic hydroxyl groups excluding tert-OH is 1. The largest absolute Gasteiger partial charge is 0.391 e. The number of carbonyl (C=O) groups excluding carboxylic acids is 1. The Hall–Kier alpha value is -1.44. The van der Waals surface area contributed by atoms with Gasteiger partial charge in [0.1, 0.15) is 5.82 Å². The summed E-state index contributed by atoms with van der Waals surface area (Å²) in [6.07, 6.45) is 1.79. The maximum atomic E-state index is 13.9. The zero-order valence-corrected chi connectivity index (χ0v) is 16.4. The molecule has 2 N–H and O–H groups in total. The fraction of sp³-hybridized carbons (Fsp3) is 0.444. The molecular formula is C18H23FN2O2S2. The van der Waals surface area contributed by atoms with Gasteiger partial charge in [-0.05, 0) is 40.7 Å². The van der Waals surface area contributed by atoms with Crippen LogP contribution in [0.5, 0.6) is 0 Å². The predicted octanol–water partition coefficient (Wildman–Crippen LogP) is 4.39. The molecule has 1 heterocycles. The molecule has 4 nitrogen and oxygen atoms in total. The summed E-state index contributed by atoms with van der Waals surface area (Å²) in [5.41, 5.74) is 2.65. The highest BCUT2D eigenvalue weighted by Crippen LogP contribution is 2.30. The number of benzene rings is 1. The molecule has 25 heavy (non-hydrogen) atoms. The maximum Gasteiger partial charge on any atom is 0.234 e. The summed E-state index contributed by atoms with van der Waals surface area (Å²) in [6.45, 7) is 7.95. The van der Waals surface area contributed by atoms with Crippen LogP contribution in [0.4, 0.5) is 4.39 Å². The van der Waals surface area contributed by atoms with Crippen molar-refractivity contribution in [1.29, 1.82) is 0 Å². The number of nitrogens with one attached hydrogen (secondary N) is 1. The van der Waals surface area contributed by atoms with Crippen LogP contribution < -0.4 is 4.72 Å². The fourth-order valence-electron chi connectivity index (χ4n) is 2.62. The number of hydrogen-bond donors (Lipinski definition) is 2. The van der Waals surface area contributed by atoms with Gasteiger partial charge in [0.15, 0.2) is 4.34 Å². The fourth-order valence-corrected chi connectivity index (χ4v) is 4.11. The highest BCUT2D eigenvalue weighted by molar-refractivity contribution is 7.99. The number of aromatic nitrogens is 1. The minimum Gasteiger partial charge on any atom is -0.391 e. The molecule has 0 aliphatic heterocycles. The normalized spacial score (nSPS) is 11.4. The molecule has 0 aliphatic carbocycles. The van der Waals surface area contributed by atoms with E-state index in [0.29, 0.717) is 4.34 Å². The molecule has 0 saturated heterocycles. The lowest BCUT2D eigenvalue weighted by molar-refractivity contribution is -0.118. The third-order valence-corrected chi connectivity index (χ3v) is 5.69. The zero-order valence-electron chi connectivity index (χ0n) is 14.8. The Labute approximate surface area is 156 Å². The first-order valence-electron chi connectivity index (χ1n) is 8.15. The van der Waals surface area contributed by atoms with E-state index in [2.05, 4.69) is 9.71 Å². The Bertz CT molecular complexity index is 715. The lowest BCUT2D eigenvalue weighted by Crippen LogP contribution is -2.20. The molecule has 0 unspecified atom stereocenters. The number of thiazole rings is 1. The van der Waals surface area contributed by atoms with Gasteiger partial charge in [-0.3, -0.25) is 9.52 Å². The molecule has 1 aromatic heterocycles. The first-order chi connectivity index (χ1) is 11.8. The molecule has 0 spiro atoms. The van der Waals surface area contributed by atoms with E-state index >= 15 is 0 Å². The number of rotatable bonds is 7. The average molecular weight is 383 g/mol. The van der Waals surface area contributed by atoms with Gasteiger partial charge in [-0.25, -0.2) is 9.37 Å². The Balaban J connectivity index is 2.15. The molecule has 7 heteroatoms. The van der Waals surface area contributed by atoms with Crippen molar-refractivity contribution in [2.75, 3.05) is 0 Å². The molecule has 0 radical (unpaired) electrons. The highest BCUT2D eigenvalue weighted by Gasteiger charge is 2.19. The summed E-state index contributed by atoms with van der Waals surface area (Å²) < 4.78 is 17.4. The number of carbonyl (C=O) groups is 1. The predicted molar refractivity (Wildman–Crippen MR) is 100 cm³/mol. The van der Waals surface area contributed by atoms with Crippen LogP contribution in [-0.4, -0.2) is 16.0 Å². The van der Waals surface area contributed by atoms with E-state index in [0.717, 1.165) is 33.5 Å². The lowest BCUT2D eigenvalue weighted by atomic mass is 9.87. The van der Waals surface area contributed by atoms with E-state index in [1.807, 2.05) is 27.7 Å². The lowest BCUT2D eigenvalue weighted by Gasteiger charge is -2.19. The van der Waals surface area contributed by atoms with Crippen molar-refractivity contribution in [2.24, 2.45) is 0 Å². The van der Waals surface area contributed by atoms with Crippen LogP contribution in [0.1, 0.15) is 61.1 Å². The summed E-state index contributed by atoms with van der Waals surface area (Å²) in [5.74, 6) is -0.143. The smallest absolute Gasteiger partial charge is 0.234 e. The molecule has 1 aromatic carbocycles. The molecule has 136 valence electrons. The second kappa shape index (κ2) is 8.78. The van der Waals surface area contributed by atoms with E-state index in [9.17, 15) is 9.18 Å². The summed E-state index contributed by atoms with van der Waals surface area (Å²) >= 11 is 2.48. The number of hydrogen-bond acceptors (Lipinski definition) is 5. The van der Waals surface area contributed by atoms with E-state index < -0.39 is 0 Å². The highest BCUT2D eigenvalue weighted by atomic mass is 32.2. The molecule has 0 saturated carbocycles. The molecular weight excluding hydrogens is 359 g/mol. The van der Waals surface area contributed by atoms with Gasteiger partial charge < -0.3 is 5.11 Å². The molecule has 1 amide bonds. The van der Waals surface area contributed by atoms with E-state index in [1.165, 1.54) is 23.5 Å². The van der Waals surface area contributed by atoms with Crippen LogP contribution in [0.15, 0.2) is 22.7 Å². The average Bonchev–Trinajstić information content (AvgIpc) is 3.01. The van der Waals surface area contributed by atoms with Gasteiger partial charge >= 0.3 is 0 Å². The quantitative estimate of drug-likeness (QED) is 0.697. The van der Waals surface area contributed by atoms with Gasteiger partial charge in [0.05, 0.1) is 17.9 Å². The summed E-state index contributed by atoms with van der Waals surface area (Å²) in [5, 5.41) is 9.05. The number of halogens is 1. The van der Waals surface area contributed by atoms with Gasteiger partial charge in [-0.1, -0.05) is 27.7 Å². The maximum absolute atomic E-state index is 13.9. The van der Waals surface area contributed by atoms with Crippen LogP contribution >= 0.6 is 23.3 Å². The van der Waals surface area contributed by atoms with E-state index in [4.69, 9.17) is 5.11 Å². The van der Waals surface area contributed by atoms with Crippen LogP contribution in [0.3, 0.4) is 0 Å². The third kappa shape index (κ3) is 5.26. The second-order valence-electron chi connectivity index (χ2n) is 6.43. The monoisotopic (exact) mass is 382 g/mol. The molecule has 0 fully saturated rings. The number of aliphatic hydroxyl groups is 1. The van der Waals surface area contributed by atoms with E-state index in [-0.39, 0.29) is 36.6 Å². The standard InChI is InChI=1S/C18H23FN2O2S2/c1-10(2)14-5-12(19)6-15(11(3)4)16(14)7-17(23)21-25-18-20-8-13(9-22)24-18/h5-6,8,10-11,22H,7,9H2,1-4H3,(H,21,23). The van der Waals surface area contributed by atoms with Crippen molar-refractivity contribution < 1.29 is 14.3 Å². The first-order valence-corrected chi connectivity index (χ1v) is 9.78. The van der Waals surface area contributed by atoms with Gasteiger partial charge in [-0.15, -0.1) is 11.3 Å². The van der Waals surface area contributed by atoms with Crippen molar-refractivity contribution in [3.63, 3.8) is 0 Å². The third-order valence-electron chi connectivity index (χ3n) is 3.81. The van der Waals surface area contributed by atoms with Crippen LogP contribution in [0, 0.1) is 5.82 Å². The van der Waals surface area contributed by atoms with Crippen molar-refractivity contribution >= 4 is 29.2 Å². The first kappa shape index (κ1) is 19.9. The van der Waals surface area contributed by atoms with Crippen LogP contribution in [0.2, 0.25) is 0 Å². The van der Waals surface area contributed by atoms with E-state index in [1.54, 1.807) is 6.20 Å². The van der Waals surface area contributed by atoms with Gasteiger partial charge in [0.25, 0.3) is 0 Å². The van der Waals surface area contributed by atoms with Gasteiger partial charge in [-0.2, -0.15) is 0 Å². The molecule has 0 bridgehead atoms. The van der Waals surface area contributed by atoms with Crippen molar-refractivity contribution in [1.82, 2.24) is 9.71 Å². The second-order valence-corrected chi connectivity index (χ2v) is 8.60. The van der Waals surface area contributed by atoms with Gasteiger partial charge in [0.2, 0.25) is 5.91 Å². The summed E-state index contributed by atoms with van der Waals surface area (Å²) in [4.78, 5) is 17.3. The number of nitrogens with zero attached hydrogens (tertiary/aromatic N) is 1. The SMILES string of the molecule is CC(C)c1cc(F)cc(C(C)C)c1CC(=O)NSc1ncc(CO)s1. The van der Waals surface area contributed by atoms with Crippen LogP contribution in [-0.2, 0) is 17.8 Å². The van der Waals surface area contributed by atoms with Crippen molar-refractivity contribution in [3.8, 4) is 0 Å².